The summed E-state index contributed by atoms with van der Waals surface area (Å²) in [7, 11) is 0. The van der Waals surface area contributed by atoms with E-state index in [0.29, 0.717) is 0 Å². The predicted molar refractivity (Wildman–Crippen MR) is 70.2 cm³/mol. The van der Waals surface area contributed by atoms with Crippen LogP contribution in [0.4, 0.5) is 18.9 Å². The molecule has 0 spiro atoms. The smallest absolute Gasteiger partial charge is 0.418 e. The zero-order chi connectivity index (χ0) is 16.2. The van der Waals surface area contributed by atoms with Gasteiger partial charge in [-0.05, 0) is 12.1 Å². The molecule has 1 aromatic carbocycles. The number of carboxylic acid groups (broad SMARTS) is 1. The standard InChI is InChI=1S/C12H12ClF3N2O3/c1-6(19)18-9(11(20)21)5-17-10-7(12(14,15)16)3-2-4-8(10)13/h2-4,9,17H,5H2,1H3,(H,18,19)(H,20,21). The van der Waals surface area contributed by atoms with E-state index in [1.165, 1.54) is 6.07 Å². The van der Waals surface area contributed by atoms with Gasteiger partial charge in [-0.15, -0.1) is 0 Å². The maximum atomic E-state index is 12.8. The third-order valence-corrected chi connectivity index (χ3v) is 2.79. The molecule has 0 radical (unpaired) electrons. The van der Waals surface area contributed by atoms with Crippen molar-refractivity contribution in [2.45, 2.75) is 19.1 Å². The maximum absolute atomic E-state index is 12.8. The van der Waals surface area contributed by atoms with Gasteiger partial charge in [0.1, 0.15) is 6.04 Å². The molecule has 1 amide bonds. The average Bonchev–Trinajstić information content (AvgIpc) is 2.33. The van der Waals surface area contributed by atoms with Crippen LogP contribution in [-0.2, 0) is 15.8 Å². The molecule has 5 nitrogen and oxygen atoms in total. The van der Waals surface area contributed by atoms with E-state index >= 15 is 0 Å². The number of rotatable bonds is 5. The lowest BCUT2D eigenvalue weighted by molar-refractivity contribution is -0.141. The molecule has 0 aliphatic rings. The van der Waals surface area contributed by atoms with Gasteiger partial charge in [0, 0.05) is 13.5 Å². The van der Waals surface area contributed by atoms with Crippen LogP contribution in [0.5, 0.6) is 0 Å². The van der Waals surface area contributed by atoms with Crippen molar-refractivity contribution in [3.05, 3.63) is 28.8 Å². The summed E-state index contributed by atoms with van der Waals surface area (Å²) < 4.78 is 38.5. The molecule has 1 unspecified atom stereocenters. The van der Waals surface area contributed by atoms with Crippen molar-refractivity contribution in [3.63, 3.8) is 0 Å². The molecule has 21 heavy (non-hydrogen) atoms. The Labute approximate surface area is 123 Å². The van der Waals surface area contributed by atoms with Crippen LogP contribution in [0.15, 0.2) is 18.2 Å². The molecule has 0 aromatic heterocycles. The quantitative estimate of drug-likeness (QED) is 0.777. The molecule has 0 aliphatic carbocycles. The van der Waals surface area contributed by atoms with E-state index in [2.05, 4.69) is 10.6 Å². The Morgan fingerprint density at radius 3 is 2.48 bits per heavy atom. The van der Waals surface area contributed by atoms with Gasteiger partial charge in [-0.2, -0.15) is 13.2 Å². The van der Waals surface area contributed by atoms with Gasteiger partial charge in [-0.25, -0.2) is 4.79 Å². The van der Waals surface area contributed by atoms with Crippen LogP contribution in [0.25, 0.3) is 0 Å². The number of carbonyl (C=O) groups is 2. The van der Waals surface area contributed by atoms with Crippen LogP contribution >= 0.6 is 11.6 Å². The van der Waals surface area contributed by atoms with Gasteiger partial charge in [0.2, 0.25) is 5.91 Å². The molecular weight excluding hydrogens is 313 g/mol. The number of hydrogen-bond acceptors (Lipinski definition) is 3. The molecular formula is C12H12ClF3N2O3. The van der Waals surface area contributed by atoms with E-state index in [0.717, 1.165) is 19.1 Å². The van der Waals surface area contributed by atoms with Crippen LogP contribution in [0.2, 0.25) is 5.02 Å². The third kappa shape index (κ3) is 4.82. The van der Waals surface area contributed by atoms with Gasteiger partial charge in [0.05, 0.1) is 16.3 Å². The summed E-state index contributed by atoms with van der Waals surface area (Å²) >= 11 is 5.71. The number of hydrogen-bond donors (Lipinski definition) is 3. The van der Waals surface area contributed by atoms with Crippen molar-refractivity contribution in [1.82, 2.24) is 5.32 Å². The van der Waals surface area contributed by atoms with Crippen molar-refractivity contribution >= 4 is 29.2 Å². The summed E-state index contributed by atoms with van der Waals surface area (Å²) in [6.07, 6.45) is -4.64. The lowest BCUT2D eigenvalue weighted by Crippen LogP contribution is -2.44. The number of para-hydroxylation sites is 1. The second-order valence-electron chi connectivity index (χ2n) is 4.13. The van der Waals surface area contributed by atoms with E-state index in [4.69, 9.17) is 16.7 Å². The third-order valence-electron chi connectivity index (χ3n) is 2.48. The fourth-order valence-corrected chi connectivity index (χ4v) is 1.83. The summed E-state index contributed by atoms with van der Waals surface area (Å²) in [6.45, 7) is 0.661. The first kappa shape index (κ1) is 17.1. The normalized spacial score (nSPS) is 12.6. The highest BCUT2D eigenvalue weighted by atomic mass is 35.5. The topological polar surface area (TPSA) is 78.4 Å². The van der Waals surface area contributed by atoms with Crippen molar-refractivity contribution in [3.8, 4) is 0 Å². The summed E-state index contributed by atoms with van der Waals surface area (Å²) in [5.74, 6) is -1.99. The van der Waals surface area contributed by atoms with E-state index in [9.17, 15) is 22.8 Å². The van der Waals surface area contributed by atoms with Crippen LogP contribution in [0, 0.1) is 0 Å². The zero-order valence-corrected chi connectivity index (χ0v) is 11.5. The highest BCUT2D eigenvalue weighted by Crippen LogP contribution is 2.38. The Hall–Kier alpha value is -1.96. The number of aliphatic carboxylic acids is 1. The van der Waals surface area contributed by atoms with Gasteiger partial charge in [0.25, 0.3) is 0 Å². The number of halogens is 4. The molecule has 9 heteroatoms. The lowest BCUT2D eigenvalue weighted by Gasteiger charge is -2.19. The van der Waals surface area contributed by atoms with Crippen LogP contribution < -0.4 is 10.6 Å². The van der Waals surface area contributed by atoms with E-state index in [-0.39, 0.29) is 5.02 Å². The highest BCUT2D eigenvalue weighted by molar-refractivity contribution is 6.33. The number of carbonyl (C=O) groups excluding carboxylic acids is 1. The lowest BCUT2D eigenvalue weighted by atomic mass is 10.1. The molecule has 0 bridgehead atoms. The fraction of sp³-hybridized carbons (Fsp3) is 0.333. The summed E-state index contributed by atoms with van der Waals surface area (Å²) in [5, 5.41) is 13.1. The Kier molecular flexibility index (Phi) is 5.42. The van der Waals surface area contributed by atoms with Gasteiger partial charge >= 0.3 is 12.1 Å². The molecule has 1 atom stereocenters. The van der Waals surface area contributed by atoms with Gasteiger partial charge in [-0.1, -0.05) is 17.7 Å². The summed E-state index contributed by atoms with van der Waals surface area (Å²) in [5.41, 5.74) is -1.44. The second-order valence-corrected chi connectivity index (χ2v) is 4.54. The number of benzene rings is 1. The fourth-order valence-electron chi connectivity index (χ4n) is 1.59. The first-order chi connectivity index (χ1) is 9.62. The molecule has 0 fully saturated rings. The summed E-state index contributed by atoms with van der Waals surface area (Å²) in [4.78, 5) is 21.8. The van der Waals surface area contributed by atoms with E-state index < -0.39 is 41.9 Å². The van der Waals surface area contributed by atoms with Crippen molar-refractivity contribution < 1.29 is 27.9 Å². The van der Waals surface area contributed by atoms with Crippen LogP contribution in [-0.4, -0.2) is 29.6 Å². The molecule has 3 N–H and O–H groups in total. The Balaban J connectivity index is 2.97. The molecule has 0 heterocycles. The maximum Gasteiger partial charge on any atom is 0.418 e. The van der Waals surface area contributed by atoms with Crippen molar-refractivity contribution in [2.75, 3.05) is 11.9 Å². The Morgan fingerprint density at radius 2 is 2.00 bits per heavy atom. The van der Waals surface area contributed by atoms with Crippen LogP contribution in [0.3, 0.4) is 0 Å². The zero-order valence-electron chi connectivity index (χ0n) is 10.8. The number of nitrogens with one attached hydrogen (secondary N) is 2. The van der Waals surface area contributed by atoms with Gasteiger partial charge in [0.15, 0.2) is 0 Å². The molecule has 0 aliphatic heterocycles. The summed E-state index contributed by atoms with van der Waals surface area (Å²) in [6, 6.07) is 1.83. The number of carboxylic acids is 1. The van der Waals surface area contributed by atoms with Crippen LogP contribution in [0.1, 0.15) is 12.5 Å². The SMILES string of the molecule is CC(=O)NC(CNc1c(Cl)cccc1C(F)(F)F)C(=O)O. The number of anilines is 1. The predicted octanol–water partition coefficient (Wildman–Crippen LogP) is 2.36. The Morgan fingerprint density at radius 1 is 1.38 bits per heavy atom. The monoisotopic (exact) mass is 324 g/mol. The molecule has 0 saturated heterocycles. The first-order valence-corrected chi connectivity index (χ1v) is 6.10. The Bertz CT molecular complexity index is 549. The van der Waals surface area contributed by atoms with E-state index in [1.54, 1.807) is 0 Å². The van der Waals surface area contributed by atoms with Crippen molar-refractivity contribution in [1.29, 1.82) is 0 Å². The highest BCUT2D eigenvalue weighted by Gasteiger charge is 2.34. The van der Waals surface area contributed by atoms with Gasteiger partial charge < -0.3 is 15.7 Å². The minimum atomic E-state index is -4.64. The largest absolute Gasteiger partial charge is 0.480 e. The minimum Gasteiger partial charge on any atom is -0.480 e. The molecule has 1 aromatic rings. The first-order valence-electron chi connectivity index (χ1n) is 5.72. The molecule has 1 rings (SSSR count). The van der Waals surface area contributed by atoms with Gasteiger partial charge in [-0.3, -0.25) is 4.79 Å². The van der Waals surface area contributed by atoms with Crippen molar-refractivity contribution in [2.24, 2.45) is 0 Å². The molecule has 0 saturated carbocycles. The minimum absolute atomic E-state index is 0.197. The second kappa shape index (κ2) is 6.66. The average molecular weight is 325 g/mol. The molecule has 116 valence electrons. The number of amides is 1. The van der Waals surface area contributed by atoms with E-state index in [1.807, 2.05) is 0 Å². The number of alkyl halides is 3.